The first-order valence-electron chi connectivity index (χ1n) is 16.8. The van der Waals surface area contributed by atoms with Crippen LogP contribution in [0.4, 0.5) is 0 Å². The molecule has 10 rings (SSSR count). The van der Waals surface area contributed by atoms with Gasteiger partial charge >= 0.3 is 0 Å². The normalized spacial score (nSPS) is 11.4. The molecule has 0 amide bonds. The predicted molar refractivity (Wildman–Crippen MR) is 202 cm³/mol. The summed E-state index contributed by atoms with van der Waals surface area (Å²) < 4.78 is 1.98. The zero-order valence-electron chi connectivity index (χ0n) is 28.8. The Labute approximate surface area is 322 Å². The Hall–Kier alpha value is -6.84. The van der Waals surface area contributed by atoms with Gasteiger partial charge in [0.05, 0.1) is 28.2 Å². The van der Waals surface area contributed by atoms with Gasteiger partial charge in [-0.25, -0.2) is 15.0 Å². The zero-order valence-corrected chi connectivity index (χ0v) is 30.5. The summed E-state index contributed by atoms with van der Waals surface area (Å²) in [5.41, 5.74) is 7.46. The molecule has 0 bridgehead atoms. The smallest absolute Gasteiger partial charge is 0.241 e. The van der Waals surface area contributed by atoms with E-state index in [1.807, 2.05) is 115 Å². The number of hydrogen-bond donors (Lipinski definition) is 0. The second kappa shape index (κ2) is 15.8. The number of aryl methyl sites for hydroxylation is 1. The van der Waals surface area contributed by atoms with Gasteiger partial charge in [-0.2, -0.15) is 4.57 Å². The van der Waals surface area contributed by atoms with Crippen LogP contribution in [0.5, 0.6) is 0 Å². The van der Waals surface area contributed by atoms with E-state index in [0.29, 0.717) is 22.2 Å². The zero-order chi connectivity index (χ0) is 36.1. The molecule has 0 saturated carbocycles. The number of fused-ring (bicyclic) bond motifs is 8. The Morgan fingerprint density at radius 2 is 0.833 bits per heavy atom. The van der Waals surface area contributed by atoms with Gasteiger partial charge in [0.2, 0.25) is 17.1 Å². The van der Waals surface area contributed by atoms with E-state index in [-0.39, 0.29) is 42.4 Å². The van der Waals surface area contributed by atoms with Crippen molar-refractivity contribution in [1.29, 1.82) is 0 Å². The van der Waals surface area contributed by atoms with Crippen LogP contribution in [0.1, 0.15) is 32.1 Å². The number of carbonyl (C=O) groups is 2. The largest absolute Gasteiger partial charge is 0.287 e. The Balaban J connectivity index is 0.000000148. The molecule has 2 aromatic carbocycles. The van der Waals surface area contributed by atoms with Crippen LogP contribution < -0.4 is 4.57 Å². The topological polar surface area (TPSA) is 128 Å². The van der Waals surface area contributed by atoms with Gasteiger partial charge in [0.25, 0.3) is 0 Å². The minimum atomic E-state index is -0.277. The molecule has 7 aromatic heterocycles. The Kier molecular flexibility index (Phi) is 10.4. The summed E-state index contributed by atoms with van der Waals surface area (Å²) in [7, 11) is 1.94. The third-order valence-corrected chi connectivity index (χ3v) is 8.65. The molecule has 0 fully saturated rings. The summed E-state index contributed by atoms with van der Waals surface area (Å²) in [6.07, 6.45) is 10.7. The fourth-order valence-electron chi connectivity index (χ4n) is 6.20. The summed E-state index contributed by atoms with van der Waals surface area (Å²) in [6, 6.07) is 37.6. The van der Waals surface area contributed by atoms with Crippen LogP contribution in [-0.4, -0.2) is 46.5 Å². The maximum Gasteiger partial charge on any atom is 0.241 e. The number of aromatic nitrogens is 8. The fourth-order valence-corrected chi connectivity index (χ4v) is 6.20. The monoisotopic (exact) mass is 791 g/mol. The number of carbonyl (C=O) groups excluding carboxylic acids is 2. The van der Waals surface area contributed by atoms with Crippen molar-refractivity contribution in [3.63, 3.8) is 0 Å². The van der Waals surface area contributed by atoms with Crippen LogP contribution in [0.15, 0.2) is 159 Å². The summed E-state index contributed by atoms with van der Waals surface area (Å²) >= 11 is 0. The number of pyridine rings is 6. The second-order valence-electron chi connectivity index (χ2n) is 12.0. The van der Waals surface area contributed by atoms with E-state index in [4.69, 9.17) is 4.98 Å². The van der Waals surface area contributed by atoms with Gasteiger partial charge in [-0.05, 0) is 66.7 Å². The van der Waals surface area contributed by atoms with Crippen LogP contribution in [0.2, 0.25) is 0 Å². The minimum Gasteiger partial charge on any atom is -0.287 e. The van der Waals surface area contributed by atoms with Gasteiger partial charge in [-0.1, -0.05) is 48.5 Å². The van der Waals surface area contributed by atoms with Crippen molar-refractivity contribution < 1.29 is 33.6 Å². The summed E-state index contributed by atoms with van der Waals surface area (Å²) in [6.45, 7) is 0. The maximum absolute atomic E-state index is 13.1. The van der Waals surface area contributed by atoms with Crippen LogP contribution in [-0.2, 0) is 26.5 Å². The van der Waals surface area contributed by atoms with E-state index in [9.17, 15) is 9.59 Å². The van der Waals surface area contributed by atoms with Crippen molar-refractivity contribution in [3.8, 4) is 22.8 Å². The summed E-state index contributed by atoms with van der Waals surface area (Å²) in [5.74, 6) is -0.551. The van der Waals surface area contributed by atoms with Crippen molar-refractivity contribution in [1.82, 2.24) is 34.9 Å². The van der Waals surface area contributed by atoms with Crippen LogP contribution in [0.3, 0.4) is 0 Å². The Morgan fingerprint density at radius 1 is 0.426 bits per heavy atom. The molecule has 0 unspecified atom stereocenters. The van der Waals surface area contributed by atoms with Gasteiger partial charge in [-0.15, -0.1) is 0 Å². The van der Waals surface area contributed by atoms with Gasteiger partial charge in [-0.3, -0.25) is 29.5 Å². The van der Waals surface area contributed by atoms with E-state index in [0.717, 1.165) is 44.6 Å². The standard InChI is InChI=1S/C23H13N4O2.2C10H8N2.Ru/c1-27-11-5-9-15-17-16(14-8-4-10-24-18(14)21(15)27)25-19-20(26-17)23(29)13-7-3-2-6-12(13)22(19)28;2*1-3-7-11-9(5-1)10-6-2-4-8-12-10;/h2-11H,1H3;2*1-8H;/q+1;;;. The molecular weight excluding hydrogens is 762 g/mol. The maximum atomic E-state index is 13.1. The molecule has 10 nitrogen and oxygen atoms in total. The van der Waals surface area contributed by atoms with Gasteiger partial charge in [0, 0.05) is 73.0 Å². The molecule has 1 aliphatic rings. The molecule has 0 radical (unpaired) electrons. The van der Waals surface area contributed by atoms with E-state index in [1.54, 1.807) is 55.2 Å². The predicted octanol–water partition coefficient (Wildman–Crippen LogP) is 7.22. The molecule has 0 N–H and O–H groups in total. The summed E-state index contributed by atoms with van der Waals surface area (Å²) in [5, 5.41) is 1.64. The van der Waals surface area contributed by atoms with E-state index in [2.05, 4.69) is 29.9 Å². The van der Waals surface area contributed by atoms with Crippen molar-refractivity contribution in [2.24, 2.45) is 7.05 Å². The minimum absolute atomic E-state index is 0. The average molecular weight is 791 g/mol. The Morgan fingerprint density at radius 3 is 1.28 bits per heavy atom. The van der Waals surface area contributed by atoms with Crippen molar-refractivity contribution >= 4 is 44.4 Å². The molecule has 260 valence electrons. The molecular formula is C43H29N8O2Ru+. The van der Waals surface area contributed by atoms with E-state index < -0.39 is 0 Å². The molecule has 9 aromatic rings. The number of hydrogen-bond acceptors (Lipinski definition) is 9. The van der Waals surface area contributed by atoms with E-state index in [1.165, 1.54) is 0 Å². The molecule has 0 aliphatic heterocycles. The first kappa shape index (κ1) is 35.6. The molecule has 7 heterocycles. The number of ketones is 2. The molecule has 54 heavy (non-hydrogen) atoms. The fraction of sp³-hybridized carbons (Fsp3) is 0.0233. The SMILES string of the molecule is C[n+]1cccc2c3nc4c(nc3c3cccnc3c21)C(=O)c1ccccc1C4=O.[Ru].c1ccc(-c2ccccn2)nc1.c1ccc(-c2ccccn2)nc1. The second-order valence-corrected chi connectivity index (χ2v) is 12.0. The molecule has 0 saturated heterocycles. The third kappa shape index (κ3) is 6.88. The summed E-state index contributed by atoms with van der Waals surface area (Å²) in [4.78, 5) is 56.8. The first-order chi connectivity index (χ1) is 26.1. The quantitative estimate of drug-likeness (QED) is 0.101. The van der Waals surface area contributed by atoms with E-state index >= 15 is 0 Å². The van der Waals surface area contributed by atoms with Crippen molar-refractivity contribution in [2.45, 2.75) is 0 Å². The third-order valence-electron chi connectivity index (χ3n) is 8.65. The average Bonchev–Trinajstić information content (AvgIpc) is 3.24. The molecule has 0 spiro atoms. The van der Waals surface area contributed by atoms with Crippen molar-refractivity contribution in [2.75, 3.05) is 0 Å². The molecule has 1 aliphatic carbocycles. The molecule has 0 atom stereocenters. The van der Waals surface area contributed by atoms with Crippen molar-refractivity contribution in [3.05, 3.63) is 181 Å². The Bertz CT molecular complexity index is 2620. The van der Waals surface area contributed by atoms with Gasteiger partial charge in [0.15, 0.2) is 6.20 Å². The van der Waals surface area contributed by atoms with Crippen LogP contribution in [0, 0.1) is 0 Å². The van der Waals surface area contributed by atoms with Gasteiger partial charge in [0.1, 0.15) is 35.0 Å². The molecule has 11 heteroatoms. The van der Waals surface area contributed by atoms with Crippen LogP contribution >= 0.6 is 0 Å². The van der Waals surface area contributed by atoms with Gasteiger partial charge < -0.3 is 0 Å². The first-order valence-corrected chi connectivity index (χ1v) is 16.8. The number of rotatable bonds is 2. The van der Waals surface area contributed by atoms with Crippen LogP contribution in [0.25, 0.3) is 55.6 Å². The number of nitrogens with zero attached hydrogens (tertiary/aromatic N) is 8. The number of benzene rings is 2.